The molecule has 0 aromatic heterocycles. The Labute approximate surface area is 116 Å². The zero-order chi connectivity index (χ0) is 14.7. The summed E-state index contributed by atoms with van der Waals surface area (Å²) < 4.78 is 0. The minimum absolute atomic E-state index is 0.203. The van der Waals surface area contributed by atoms with Crippen molar-refractivity contribution in [2.24, 2.45) is 11.3 Å². The number of piperidine rings is 1. The summed E-state index contributed by atoms with van der Waals surface area (Å²) in [6, 6.07) is 0. The molecule has 4 nitrogen and oxygen atoms in total. The molecule has 0 aliphatic carbocycles. The average molecular weight is 271 g/mol. The third-order valence-corrected chi connectivity index (χ3v) is 4.78. The molecule has 1 atom stereocenters. The van der Waals surface area contributed by atoms with Gasteiger partial charge in [-0.2, -0.15) is 0 Å². The monoisotopic (exact) mass is 271 g/mol. The van der Waals surface area contributed by atoms with Crippen molar-refractivity contribution in [1.29, 1.82) is 0 Å². The maximum atomic E-state index is 11.5. The maximum absolute atomic E-state index is 11.5. The maximum Gasteiger partial charge on any atom is 0.309 e. The molecule has 0 amide bonds. The second-order valence-corrected chi connectivity index (χ2v) is 6.62. The second kappa shape index (κ2) is 6.23. The molecule has 1 saturated heterocycles. The van der Waals surface area contributed by atoms with Crippen LogP contribution in [0.1, 0.15) is 53.4 Å². The van der Waals surface area contributed by atoms with Crippen LogP contribution in [0.4, 0.5) is 0 Å². The van der Waals surface area contributed by atoms with Crippen LogP contribution in [0.15, 0.2) is 0 Å². The van der Waals surface area contributed by atoms with E-state index in [1.54, 1.807) is 0 Å². The van der Waals surface area contributed by atoms with Gasteiger partial charge >= 0.3 is 5.97 Å². The molecule has 4 heteroatoms. The van der Waals surface area contributed by atoms with Crippen molar-refractivity contribution in [3.8, 4) is 0 Å². The topological polar surface area (TPSA) is 60.8 Å². The number of rotatable bonds is 6. The molecule has 1 rings (SSSR count). The lowest BCUT2D eigenvalue weighted by Crippen LogP contribution is -2.50. The van der Waals surface area contributed by atoms with Crippen molar-refractivity contribution in [1.82, 2.24) is 4.90 Å². The first-order chi connectivity index (χ1) is 8.73. The van der Waals surface area contributed by atoms with Gasteiger partial charge in [0.05, 0.1) is 11.0 Å². The van der Waals surface area contributed by atoms with Gasteiger partial charge in [0.2, 0.25) is 0 Å². The van der Waals surface area contributed by atoms with Crippen molar-refractivity contribution in [2.45, 2.75) is 59.0 Å². The SMILES string of the molecule is CCCC1(C(=O)O)CCN(CC(C)(O)C(C)C)CC1. The fourth-order valence-corrected chi connectivity index (χ4v) is 2.82. The number of carboxylic acid groups (broad SMARTS) is 1. The molecule has 1 aliphatic heterocycles. The summed E-state index contributed by atoms with van der Waals surface area (Å²) in [5, 5.41) is 19.8. The first-order valence-electron chi connectivity index (χ1n) is 7.41. The third-order valence-electron chi connectivity index (χ3n) is 4.78. The van der Waals surface area contributed by atoms with Crippen molar-refractivity contribution >= 4 is 5.97 Å². The molecule has 112 valence electrons. The number of nitrogens with zero attached hydrogens (tertiary/aromatic N) is 1. The van der Waals surface area contributed by atoms with Crippen LogP contribution < -0.4 is 0 Å². The minimum Gasteiger partial charge on any atom is -0.481 e. The van der Waals surface area contributed by atoms with E-state index >= 15 is 0 Å². The first-order valence-corrected chi connectivity index (χ1v) is 7.41. The average Bonchev–Trinajstić information content (AvgIpc) is 2.31. The molecule has 0 aromatic carbocycles. The molecule has 19 heavy (non-hydrogen) atoms. The molecule has 0 spiro atoms. The van der Waals surface area contributed by atoms with Crippen LogP contribution in [0.25, 0.3) is 0 Å². The predicted octanol–water partition coefficient (Wildman–Crippen LogP) is 2.36. The highest BCUT2D eigenvalue weighted by Crippen LogP contribution is 2.37. The zero-order valence-corrected chi connectivity index (χ0v) is 12.8. The largest absolute Gasteiger partial charge is 0.481 e. The summed E-state index contributed by atoms with van der Waals surface area (Å²) in [6.45, 7) is 10.1. The van der Waals surface area contributed by atoms with E-state index in [9.17, 15) is 15.0 Å². The molecular formula is C15H29NO3. The van der Waals surface area contributed by atoms with Gasteiger partial charge in [0.1, 0.15) is 0 Å². The van der Waals surface area contributed by atoms with Gasteiger partial charge in [0, 0.05) is 6.54 Å². The van der Waals surface area contributed by atoms with Crippen molar-refractivity contribution in [3.05, 3.63) is 0 Å². The highest BCUT2D eigenvalue weighted by molar-refractivity contribution is 5.74. The number of aliphatic hydroxyl groups is 1. The van der Waals surface area contributed by atoms with Crippen LogP contribution in [0.3, 0.4) is 0 Å². The number of β-amino-alcohol motifs (C(OH)–C–C–N with tert-alkyl or cyclic N) is 1. The Morgan fingerprint density at radius 2 is 1.89 bits per heavy atom. The minimum atomic E-state index is -0.700. The van der Waals surface area contributed by atoms with Crippen molar-refractivity contribution in [2.75, 3.05) is 19.6 Å². The summed E-state index contributed by atoms with van der Waals surface area (Å²) in [7, 11) is 0. The van der Waals surface area contributed by atoms with Crippen LogP contribution >= 0.6 is 0 Å². The van der Waals surface area contributed by atoms with Crippen LogP contribution in [0.2, 0.25) is 0 Å². The summed E-state index contributed by atoms with van der Waals surface area (Å²) in [5.74, 6) is -0.445. The van der Waals surface area contributed by atoms with E-state index in [4.69, 9.17) is 0 Å². The molecule has 1 heterocycles. The highest BCUT2D eigenvalue weighted by Gasteiger charge is 2.41. The Balaban J connectivity index is 2.59. The van der Waals surface area contributed by atoms with Crippen LogP contribution in [-0.4, -0.2) is 46.3 Å². The molecule has 1 aliphatic rings. The van der Waals surface area contributed by atoms with Crippen LogP contribution in [0, 0.1) is 11.3 Å². The van der Waals surface area contributed by atoms with E-state index in [2.05, 4.69) is 4.90 Å². The van der Waals surface area contributed by atoms with Crippen molar-refractivity contribution < 1.29 is 15.0 Å². The number of hydrogen-bond donors (Lipinski definition) is 2. The Morgan fingerprint density at radius 1 is 1.37 bits per heavy atom. The third kappa shape index (κ3) is 3.93. The molecular weight excluding hydrogens is 242 g/mol. The van der Waals surface area contributed by atoms with E-state index in [1.165, 1.54) is 0 Å². The van der Waals surface area contributed by atoms with E-state index in [0.29, 0.717) is 19.4 Å². The number of carbonyl (C=O) groups is 1. The van der Waals surface area contributed by atoms with Gasteiger partial charge in [0.15, 0.2) is 0 Å². The fourth-order valence-electron chi connectivity index (χ4n) is 2.82. The van der Waals surface area contributed by atoms with Crippen molar-refractivity contribution in [3.63, 3.8) is 0 Å². The lowest BCUT2D eigenvalue weighted by Gasteiger charge is -2.42. The predicted molar refractivity (Wildman–Crippen MR) is 76.1 cm³/mol. The van der Waals surface area contributed by atoms with Gasteiger partial charge < -0.3 is 15.1 Å². The number of hydrogen-bond acceptors (Lipinski definition) is 3. The molecule has 1 unspecified atom stereocenters. The molecule has 0 saturated carbocycles. The van der Waals surface area contributed by atoms with E-state index < -0.39 is 17.0 Å². The molecule has 0 aromatic rings. The van der Waals surface area contributed by atoms with Gasteiger partial charge in [-0.3, -0.25) is 4.79 Å². The highest BCUT2D eigenvalue weighted by atomic mass is 16.4. The van der Waals surface area contributed by atoms with Crippen LogP contribution in [-0.2, 0) is 4.79 Å². The summed E-state index contributed by atoms with van der Waals surface area (Å²) in [4.78, 5) is 13.7. The fraction of sp³-hybridized carbons (Fsp3) is 0.933. The van der Waals surface area contributed by atoms with Gasteiger partial charge in [-0.1, -0.05) is 27.2 Å². The van der Waals surface area contributed by atoms with Crippen LogP contribution in [0.5, 0.6) is 0 Å². The lowest BCUT2D eigenvalue weighted by molar-refractivity contribution is -0.153. The van der Waals surface area contributed by atoms with E-state index in [0.717, 1.165) is 25.9 Å². The molecule has 0 bridgehead atoms. The Kier molecular flexibility index (Phi) is 5.39. The van der Waals surface area contributed by atoms with Gasteiger partial charge in [-0.05, 0) is 45.2 Å². The zero-order valence-electron chi connectivity index (χ0n) is 12.8. The number of carboxylic acids is 1. The quantitative estimate of drug-likeness (QED) is 0.778. The summed E-state index contributed by atoms with van der Waals surface area (Å²) >= 11 is 0. The summed E-state index contributed by atoms with van der Waals surface area (Å²) in [6.07, 6.45) is 3.07. The standard InChI is InChI=1S/C15H29NO3/c1-5-6-15(13(17)18)7-9-16(10-8-15)11-14(4,19)12(2)3/h12,19H,5-11H2,1-4H3,(H,17,18). The molecule has 2 N–H and O–H groups in total. The Hall–Kier alpha value is -0.610. The Bertz CT molecular complexity index is 305. The lowest BCUT2D eigenvalue weighted by atomic mass is 9.74. The van der Waals surface area contributed by atoms with Gasteiger partial charge in [-0.25, -0.2) is 0 Å². The van der Waals surface area contributed by atoms with Gasteiger partial charge in [0.25, 0.3) is 0 Å². The summed E-state index contributed by atoms with van der Waals surface area (Å²) in [5.41, 5.74) is -1.23. The number of aliphatic carboxylic acids is 1. The van der Waals surface area contributed by atoms with E-state index in [1.807, 2.05) is 27.7 Å². The normalized spacial score (nSPS) is 23.3. The molecule has 0 radical (unpaired) electrons. The smallest absolute Gasteiger partial charge is 0.309 e. The first kappa shape index (κ1) is 16.4. The molecule has 1 fully saturated rings. The number of likely N-dealkylation sites (tertiary alicyclic amines) is 1. The van der Waals surface area contributed by atoms with E-state index in [-0.39, 0.29) is 5.92 Å². The second-order valence-electron chi connectivity index (χ2n) is 6.62. The van der Waals surface area contributed by atoms with Gasteiger partial charge in [-0.15, -0.1) is 0 Å². The Morgan fingerprint density at radius 3 is 2.26 bits per heavy atom.